The van der Waals surface area contributed by atoms with E-state index in [2.05, 4.69) is 5.32 Å². The van der Waals surface area contributed by atoms with E-state index in [0.29, 0.717) is 13.0 Å². The van der Waals surface area contributed by atoms with Crippen LogP contribution in [-0.2, 0) is 16.1 Å². The first kappa shape index (κ1) is 23.8. The van der Waals surface area contributed by atoms with Gasteiger partial charge in [-0.1, -0.05) is 49.6 Å². The summed E-state index contributed by atoms with van der Waals surface area (Å²) in [6.07, 6.45) is 6.25. The van der Waals surface area contributed by atoms with Gasteiger partial charge >= 0.3 is 0 Å². The van der Waals surface area contributed by atoms with Crippen molar-refractivity contribution in [2.75, 3.05) is 6.61 Å². The van der Waals surface area contributed by atoms with Crippen molar-refractivity contribution in [2.45, 2.75) is 70.5 Å². The first-order valence-electron chi connectivity index (χ1n) is 11.5. The Balaban J connectivity index is 1.59. The number of benzene rings is 2. The predicted octanol–water partition coefficient (Wildman–Crippen LogP) is 4.85. The van der Waals surface area contributed by atoms with E-state index in [9.17, 15) is 14.0 Å². The normalized spacial score (nSPS) is 15.1. The number of ether oxygens (including phenoxy) is 1. The molecular formula is C26H33FN2O3. The molecule has 1 aliphatic carbocycles. The van der Waals surface area contributed by atoms with Crippen LogP contribution < -0.4 is 10.1 Å². The highest BCUT2D eigenvalue weighted by atomic mass is 19.1. The van der Waals surface area contributed by atoms with Crippen molar-refractivity contribution in [3.8, 4) is 5.75 Å². The molecule has 1 atom stereocenters. The maximum Gasteiger partial charge on any atom is 0.242 e. The van der Waals surface area contributed by atoms with Gasteiger partial charge in [-0.25, -0.2) is 4.39 Å². The Kier molecular flexibility index (Phi) is 9.08. The quantitative estimate of drug-likeness (QED) is 0.537. The van der Waals surface area contributed by atoms with Crippen LogP contribution in [0.2, 0.25) is 0 Å². The summed E-state index contributed by atoms with van der Waals surface area (Å²) >= 11 is 0. The molecule has 0 saturated heterocycles. The lowest BCUT2D eigenvalue weighted by Crippen LogP contribution is -2.50. The van der Waals surface area contributed by atoms with E-state index < -0.39 is 6.04 Å². The Bertz CT molecular complexity index is 851. The van der Waals surface area contributed by atoms with Gasteiger partial charge in [-0.05, 0) is 56.0 Å². The number of carbonyl (C=O) groups is 2. The molecular weight excluding hydrogens is 407 g/mol. The lowest BCUT2D eigenvalue weighted by Gasteiger charge is -2.31. The molecule has 3 rings (SSSR count). The van der Waals surface area contributed by atoms with Crippen LogP contribution in [0.15, 0.2) is 54.6 Å². The summed E-state index contributed by atoms with van der Waals surface area (Å²) in [5, 5.41) is 3.12. The summed E-state index contributed by atoms with van der Waals surface area (Å²) in [6.45, 7) is 2.45. The molecule has 1 saturated carbocycles. The average molecular weight is 441 g/mol. The first-order chi connectivity index (χ1) is 15.5. The summed E-state index contributed by atoms with van der Waals surface area (Å²) in [5.41, 5.74) is 0.789. The number of nitrogens with one attached hydrogen (secondary N) is 1. The van der Waals surface area contributed by atoms with Crippen LogP contribution in [0.4, 0.5) is 4.39 Å². The molecule has 2 amide bonds. The SMILES string of the molecule is CC(C(=O)NC1CCCCC1)N(Cc1ccc(F)cc1)C(=O)CCCOc1ccccc1. The van der Waals surface area contributed by atoms with Crippen LogP contribution in [0.25, 0.3) is 0 Å². The number of amides is 2. The van der Waals surface area contributed by atoms with E-state index in [0.717, 1.165) is 37.0 Å². The van der Waals surface area contributed by atoms with Gasteiger partial charge < -0.3 is 15.0 Å². The molecule has 1 unspecified atom stereocenters. The van der Waals surface area contributed by atoms with Gasteiger partial charge in [-0.2, -0.15) is 0 Å². The zero-order valence-corrected chi connectivity index (χ0v) is 18.8. The van der Waals surface area contributed by atoms with Crippen molar-refractivity contribution < 1.29 is 18.7 Å². The van der Waals surface area contributed by atoms with E-state index in [-0.39, 0.29) is 36.6 Å². The second-order valence-electron chi connectivity index (χ2n) is 8.43. The fraction of sp³-hybridized carbons (Fsp3) is 0.462. The molecule has 32 heavy (non-hydrogen) atoms. The van der Waals surface area contributed by atoms with Crippen molar-refractivity contribution in [1.82, 2.24) is 10.2 Å². The van der Waals surface area contributed by atoms with Crippen LogP contribution in [0.1, 0.15) is 57.4 Å². The van der Waals surface area contributed by atoms with E-state index in [1.807, 2.05) is 30.3 Å². The lowest BCUT2D eigenvalue weighted by molar-refractivity contribution is -0.141. The number of hydrogen-bond acceptors (Lipinski definition) is 3. The molecule has 6 heteroatoms. The number of nitrogens with zero attached hydrogens (tertiary/aromatic N) is 1. The van der Waals surface area contributed by atoms with Gasteiger partial charge in [0.2, 0.25) is 11.8 Å². The van der Waals surface area contributed by atoms with Gasteiger partial charge in [0.15, 0.2) is 0 Å². The highest BCUT2D eigenvalue weighted by Gasteiger charge is 2.27. The molecule has 2 aromatic carbocycles. The molecule has 0 radical (unpaired) electrons. The topological polar surface area (TPSA) is 58.6 Å². The third-order valence-corrected chi connectivity index (χ3v) is 5.93. The summed E-state index contributed by atoms with van der Waals surface area (Å²) in [6, 6.07) is 15.1. The summed E-state index contributed by atoms with van der Waals surface area (Å²) in [5.74, 6) is 0.196. The smallest absolute Gasteiger partial charge is 0.242 e. The molecule has 0 aromatic heterocycles. The highest BCUT2D eigenvalue weighted by Crippen LogP contribution is 2.19. The third kappa shape index (κ3) is 7.36. The second-order valence-corrected chi connectivity index (χ2v) is 8.43. The molecule has 5 nitrogen and oxygen atoms in total. The average Bonchev–Trinajstić information content (AvgIpc) is 2.82. The fourth-order valence-electron chi connectivity index (χ4n) is 4.01. The van der Waals surface area contributed by atoms with Gasteiger partial charge in [-0.3, -0.25) is 9.59 Å². The Morgan fingerprint density at radius 2 is 1.75 bits per heavy atom. The Hall–Kier alpha value is -2.89. The lowest BCUT2D eigenvalue weighted by atomic mass is 9.95. The maximum absolute atomic E-state index is 13.3. The number of rotatable bonds is 10. The van der Waals surface area contributed by atoms with Crippen molar-refractivity contribution in [1.29, 1.82) is 0 Å². The van der Waals surface area contributed by atoms with Gasteiger partial charge in [0, 0.05) is 19.0 Å². The van der Waals surface area contributed by atoms with Crippen molar-refractivity contribution in [3.63, 3.8) is 0 Å². The Morgan fingerprint density at radius 1 is 1.06 bits per heavy atom. The molecule has 0 aliphatic heterocycles. The van der Waals surface area contributed by atoms with E-state index in [1.54, 1.807) is 24.0 Å². The minimum absolute atomic E-state index is 0.114. The molecule has 1 N–H and O–H groups in total. The van der Waals surface area contributed by atoms with E-state index in [4.69, 9.17) is 4.74 Å². The van der Waals surface area contributed by atoms with Gasteiger partial charge in [0.1, 0.15) is 17.6 Å². The summed E-state index contributed by atoms with van der Waals surface area (Å²) in [7, 11) is 0. The summed E-state index contributed by atoms with van der Waals surface area (Å²) in [4.78, 5) is 27.6. The largest absolute Gasteiger partial charge is 0.494 e. The van der Waals surface area contributed by atoms with Gasteiger partial charge in [-0.15, -0.1) is 0 Å². The Labute approximate surface area is 190 Å². The van der Waals surface area contributed by atoms with Gasteiger partial charge in [0.05, 0.1) is 6.61 Å². The summed E-state index contributed by atoms with van der Waals surface area (Å²) < 4.78 is 19.0. The zero-order valence-electron chi connectivity index (χ0n) is 18.8. The molecule has 0 spiro atoms. The second kappa shape index (κ2) is 12.2. The Morgan fingerprint density at radius 3 is 2.44 bits per heavy atom. The number of hydrogen-bond donors (Lipinski definition) is 1. The molecule has 1 aliphatic rings. The minimum atomic E-state index is -0.607. The van der Waals surface area contributed by atoms with Crippen molar-refractivity contribution in [3.05, 3.63) is 66.0 Å². The highest BCUT2D eigenvalue weighted by molar-refractivity contribution is 5.87. The molecule has 172 valence electrons. The monoisotopic (exact) mass is 440 g/mol. The predicted molar refractivity (Wildman–Crippen MR) is 123 cm³/mol. The number of para-hydroxylation sites is 1. The van der Waals surface area contributed by atoms with E-state index in [1.165, 1.54) is 18.6 Å². The molecule has 1 fully saturated rings. The molecule has 2 aromatic rings. The zero-order chi connectivity index (χ0) is 22.8. The number of halogens is 1. The van der Waals surface area contributed by atoms with Crippen LogP contribution >= 0.6 is 0 Å². The fourth-order valence-corrected chi connectivity index (χ4v) is 4.01. The van der Waals surface area contributed by atoms with Crippen LogP contribution in [0.3, 0.4) is 0 Å². The molecule has 0 bridgehead atoms. The maximum atomic E-state index is 13.3. The van der Waals surface area contributed by atoms with Crippen molar-refractivity contribution in [2.24, 2.45) is 0 Å². The third-order valence-electron chi connectivity index (χ3n) is 5.93. The minimum Gasteiger partial charge on any atom is -0.494 e. The first-order valence-corrected chi connectivity index (χ1v) is 11.5. The van der Waals surface area contributed by atoms with Crippen molar-refractivity contribution >= 4 is 11.8 Å². The van der Waals surface area contributed by atoms with E-state index >= 15 is 0 Å². The molecule has 0 heterocycles. The standard InChI is InChI=1S/C26H33FN2O3/c1-20(26(31)28-23-9-4-2-5-10-23)29(19-21-14-16-22(27)17-15-21)25(30)13-8-18-32-24-11-6-3-7-12-24/h3,6-7,11-12,14-17,20,23H,2,4-5,8-10,13,18-19H2,1H3,(H,28,31). The van der Waals surface area contributed by atoms with Crippen LogP contribution in [-0.4, -0.2) is 35.4 Å². The van der Waals surface area contributed by atoms with Crippen LogP contribution in [0.5, 0.6) is 5.75 Å². The van der Waals surface area contributed by atoms with Crippen LogP contribution in [0, 0.1) is 5.82 Å². The number of carbonyl (C=O) groups excluding carboxylic acids is 2. The van der Waals surface area contributed by atoms with Gasteiger partial charge in [0.25, 0.3) is 0 Å².